The molecule has 0 bridgehead atoms. The van der Waals surface area contributed by atoms with Crippen LogP contribution in [0, 0.1) is 0 Å². The number of hydrogen-bond acceptors (Lipinski definition) is 4. The Hall–Kier alpha value is -1.50. The number of aromatic nitrogens is 1. The Kier molecular flexibility index (Phi) is 6.39. The van der Waals surface area contributed by atoms with E-state index in [1.807, 2.05) is 42.7 Å². The zero-order valence-corrected chi connectivity index (χ0v) is 16.7. The van der Waals surface area contributed by atoms with Crippen LogP contribution in [-0.4, -0.2) is 28.7 Å². The van der Waals surface area contributed by atoms with E-state index in [-0.39, 0.29) is 5.91 Å². The lowest BCUT2D eigenvalue weighted by atomic mass is 10.1. The molecule has 0 unspecified atom stereocenters. The van der Waals surface area contributed by atoms with E-state index in [4.69, 9.17) is 0 Å². The molecule has 3 rings (SSSR count). The van der Waals surface area contributed by atoms with E-state index < -0.39 is 0 Å². The van der Waals surface area contributed by atoms with Crippen molar-refractivity contribution in [1.82, 2.24) is 4.57 Å². The molecular weight excluding hydrogens is 368 g/mol. The molecule has 130 valence electrons. The van der Waals surface area contributed by atoms with Gasteiger partial charge in [-0.2, -0.15) is 16.8 Å². The van der Waals surface area contributed by atoms with Gasteiger partial charge in [-0.15, -0.1) is 11.8 Å². The van der Waals surface area contributed by atoms with Crippen LogP contribution in [0.15, 0.2) is 58.4 Å². The average molecular weight is 389 g/mol. The normalized spacial score (nSPS) is 12.0. The van der Waals surface area contributed by atoms with Gasteiger partial charge in [0, 0.05) is 17.2 Å². The molecule has 0 N–H and O–H groups in total. The number of benzene rings is 2. The van der Waals surface area contributed by atoms with Crippen LogP contribution in [-0.2, 0) is 17.8 Å². The Labute approximate surface area is 160 Å². The standard InChI is InChI=1S/C19H20N2OS3/c1-23-12-11-21-16-5-3-4-6-17(16)25-19(21)20-18(22)13-14-7-9-15(24-2)10-8-14/h3-10H,11-13H2,1-2H3. The molecule has 0 aliphatic rings. The molecule has 0 spiro atoms. The first-order valence-corrected chi connectivity index (χ1v) is 11.4. The molecule has 6 heteroatoms. The molecule has 25 heavy (non-hydrogen) atoms. The lowest BCUT2D eigenvalue weighted by Gasteiger charge is -2.03. The SMILES string of the molecule is CSCCn1c(=NC(=O)Cc2ccc(SC)cc2)sc2ccccc21. The van der Waals surface area contributed by atoms with Crippen molar-refractivity contribution in [3.8, 4) is 0 Å². The van der Waals surface area contributed by atoms with Crippen LogP contribution in [0.5, 0.6) is 0 Å². The second-order valence-corrected chi connectivity index (χ2v) is 8.40. The maximum absolute atomic E-state index is 12.5. The van der Waals surface area contributed by atoms with Crippen LogP contribution in [0.4, 0.5) is 0 Å². The Bertz CT molecular complexity index is 926. The molecule has 2 aromatic carbocycles. The maximum atomic E-state index is 12.5. The van der Waals surface area contributed by atoms with Gasteiger partial charge in [0.25, 0.3) is 5.91 Å². The average Bonchev–Trinajstić information content (AvgIpc) is 2.97. The van der Waals surface area contributed by atoms with Gasteiger partial charge in [0.15, 0.2) is 4.80 Å². The van der Waals surface area contributed by atoms with Gasteiger partial charge in [0.2, 0.25) is 0 Å². The number of carbonyl (C=O) groups excluding carboxylic acids is 1. The molecule has 0 aliphatic carbocycles. The third-order valence-corrected chi connectivity index (χ3v) is 6.24. The van der Waals surface area contributed by atoms with E-state index in [9.17, 15) is 4.79 Å². The number of nitrogens with zero attached hydrogens (tertiary/aromatic N) is 2. The number of hydrogen-bond donors (Lipinski definition) is 0. The van der Waals surface area contributed by atoms with Crippen molar-refractivity contribution in [3.63, 3.8) is 0 Å². The van der Waals surface area contributed by atoms with Crippen LogP contribution in [0.25, 0.3) is 10.2 Å². The van der Waals surface area contributed by atoms with Gasteiger partial charge in [-0.05, 0) is 42.3 Å². The van der Waals surface area contributed by atoms with Crippen molar-refractivity contribution < 1.29 is 4.79 Å². The van der Waals surface area contributed by atoms with Gasteiger partial charge in [0.05, 0.1) is 16.6 Å². The van der Waals surface area contributed by atoms with Gasteiger partial charge in [0.1, 0.15) is 0 Å². The fourth-order valence-corrected chi connectivity index (χ4v) is 4.42. The highest BCUT2D eigenvalue weighted by atomic mass is 32.2. The number of thiazole rings is 1. The molecule has 1 aromatic heterocycles. The van der Waals surface area contributed by atoms with E-state index in [1.54, 1.807) is 34.9 Å². The summed E-state index contributed by atoms with van der Waals surface area (Å²) < 4.78 is 3.32. The van der Waals surface area contributed by atoms with Crippen molar-refractivity contribution in [2.24, 2.45) is 4.99 Å². The zero-order valence-electron chi connectivity index (χ0n) is 14.3. The molecule has 1 amide bonds. The number of amides is 1. The van der Waals surface area contributed by atoms with Crippen molar-refractivity contribution in [2.75, 3.05) is 18.3 Å². The fraction of sp³-hybridized carbons (Fsp3) is 0.263. The van der Waals surface area contributed by atoms with Crippen molar-refractivity contribution in [2.45, 2.75) is 17.9 Å². The number of carbonyl (C=O) groups is 1. The Morgan fingerprint density at radius 1 is 1.12 bits per heavy atom. The second-order valence-electron chi connectivity index (χ2n) is 5.53. The van der Waals surface area contributed by atoms with Gasteiger partial charge in [-0.3, -0.25) is 4.79 Å². The van der Waals surface area contributed by atoms with Gasteiger partial charge >= 0.3 is 0 Å². The minimum absolute atomic E-state index is 0.0960. The maximum Gasteiger partial charge on any atom is 0.252 e. The molecule has 1 heterocycles. The Balaban J connectivity index is 1.89. The van der Waals surface area contributed by atoms with E-state index >= 15 is 0 Å². The zero-order chi connectivity index (χ0) is 17.6. The van der Waals surface area contributed by atoms with Gasteiger partial charge in [-0.25, -0.2) is 0 Å². The summed E-state index contributed by atoms with van der Waals surface area (Å²) in [6.07, 6.45) is 4.48. The molecule has 0 aliphatic heterocycles. The third kappa shape index (κ3) is 4.57. The summed E-state index contributed by atoms with van der Waals surface area (Å²) in [5.74, 6) is 0.902. The highest BCUT2D eigenvalue weighted by molar-refractivity contribution is 7.98. The van der Waals surface area contributed by atoms with Gasteiger partial charge < -0.3 is 4.57 Å². The summed E-state index contributed by atoms with van der Waals surface area (Å²) >= 11 is 5.08. The molecular formula is C19H20N2OS3. The molecule has 0 fully saturated rings. The summed E-state index contributed by atoms with van der Waals surface area (Å²) in [5.41, 5.74) is 2.15. The van der Waals surface area contributed by atoms with E-state index in [0.717, 1.165) is 28.2 Å². The Morgan fingerprint density at radius 3 is 2.60 bits per heavy atom. The first-order valence-electron chi connectivity index (χ1n) is 7.99. The monoisotopic (exact) mass is 388 g/mol. The third-order valence-electron chi connectivity index (χ3n) is 3.84. The number of rotatable bonds is 6. The summed E-state index contributed by atoms with van der Waals surface area (Å²) in [6.45, 7) is 0.861. The minimum Gasteiger partial charge on any atom is -0.316 e. The number of fused-ring (bicyclic) bond motifs is 1. The predicted molar refractivity (Wildman–Crippen MR) is 111 cm³/mol. The van der Waals surface area contributed by atoms with Crippen LogP contribution < -0.4 is 4.80 Å². The Morgan fingerprint density at radius 2 is 1.88 bits per heavy atom. The van der Waals surface area contributed by atoms with Crippen LogP contribution in [0.1, 0.15) is 5.56 Å². The number of thioether (sulfide) groups is 2. The molecule has 0 radical (unpaired) electrons. The molecule has 0 saturated carbocycles. The summed E-state index contributed by atoms with van der Waals surface area (Å²) in [6, 6.07) is 16.3. The summed E-state index contributed by atoms with van der Waals surface area (Å²) in [4.78, 5) is 18.9. The fourth-order valence-electron chi connectivity index (χ4n) is 2.57. The molecule has 0 atom stereocenters. The minimum atomic E-state index is -0.0960. The summed E-state index contributed by atoms with van der Waals surface area (Å²) in [5, 5.41) is 0. The van der Waals surface area contributed by atoms with Crippen molar-refractivity contribution in [1.29, 1.82) is 0 Å². The lowest BCUT2D eigenvalue weighted by Crippen LogP contribution is -2.18. The quantitative estimate of drug-likeness (QED) is 0.585. The topological polar surface area (TPSA) is 34.4 Å². The van der Waals surface area contributed by atoms with Crippen LogP contribution in [0.3, 0.4) is 0 Å². The van der Waals surface area contributed by atoms with Crippen molar-refractivity contribution >= 4 is 51.0 Å². The number of aryl methyl sites for hydroxylation is 1. The highest BCUT2D eigenvalue weighted by Crippen LogP contribution is 2.18. The predicted octanol–water partition coefficient (Wildman–Crippen LogP) is 4.46. The largest absolute Gasteiger partial charge is 0.316 e. The van der Waals surface area contributed by atoms with Crippen LogP contribution >= 0.6 is 34.9 Å². The number of para-hydroxylation sites is 1. The van der Waals surface area contributed by atoms with Crippen LogP contribution in [0.2, 0.25) is 0 Å². The smallest absolute Gasteiger partial charge is 0.252 e. The highest BCUT2D eigenvalue weighted by Gasteiger charge is 2.08. The van der Waals surface area contributed by atoms with E-state index in [2.05, 4.69) is 27.9 Å². The van der Waals surface area contributed by atoms with Gasteiger partial charge in [-0.1, -0.05) is 35.6 Å². The molecule has 0 saturated heterocycles. The van der Waals surface area contributed by atoms with E-state index in [1.165, 1.54) is 9.60 Å². The second kappa shape index (κ2) is 8.74. The van der Waals surface area contributed by atoms with E-state index in [0.29, 0.717) is 6.42 Å². The first kappa shape index (κ1) is 18.3. The summed E-state index contributed by atoms with van der Waals surface area (Å²) in [7, 11) is 0. The van der Waals surface area contributed by atoms with Crippen molar-refractivity contribution in [3.05, 3.63) is 58.9 Å². The molecule has 3 nitrogen and oxygen atoms in total. The first-order chi connectivity index (χ1) is 12.2. The molecule has 3 aromatic rings. The lowest BCUT2D eigenvalue weighted by molar-refractivity contribution is -0.117.